The summed E-state index contributed by atoms with van der Waals surface area (Å²) in [5, 5.41) is 27.0. The number of carbonyl (C=O) groups excluding carboxylic acids is 4. The Morgan fingerprint density at radius 2 is 1.81 bits per heavy atom. The fourth-order valence-electron chi connectivity index (χ4n) is 4.05. The number of hydrogen-bond acceptors (Lipinski definition) is 8. The number of hydrogen-bond donors (Lipinski definition) is 7. The molecule has 0 saturated carbocycles. The Bertz CT molecular complexity index is 1070. The second-order valence-electron chi connectivity index (χ2n) is 8.81. The van der Waals surface area contributed by atoms with Crippen LogP contribution in [0.4, 0.5) is 0 Å². The van der Waals surface area contributed by atoms with Gasteiger partial charge in [-0.25, -0.2) is 4.79 Å². The fraction of sp³-hybridized carbons (Fsp3) is 0.455. The Hall–Kier alpha value is -3.65. The summed E-state index contributed by atoms with van der Waals surface area (Å²) in [6, 6.07) is 5.35. The van der Waals surface area contributed by atoms with Gasteiger partial charge in [0.2, 0.25) is 23.6 Å². The van der Waals surface area contributed by atoms with Gasteiger partial charge in [-0.3, -0.25) is 24.6 Å². The number of amidine groups is 1. The Morgan fingerprint density at radius 3 is 2.42 bits per heavy atom. The summed E-state index contributed by atoms with van der Waals surface area (Å²) in [6.07, 6.45) is 0. The van der Waals surface area contributed by atoms with Gasteiger partial charge in [0.15, 0.2) is 0 Å². The summed E-state index contributed by atoms with van der Waals surface area (Å²) in [5.74, 6) is -3.40. The van der Waals surface area contributed by atoms with E-state index in [4.69, 9.17) is 11.1 Å². The predicted molar refractivity (Wildman–Crippen MR) is 131 cm³/mol. The van der Waals surface area contributed by atoms with Gasteiger partial charge in [-0.1, -0.05) is 30.3 Å². The van der Waals surface area contributed by atoms with Crippen molar-refractivity contribution < 1.29 is 29.1 Å². The molecule has 2 unspecified atom stereocenters. The lowest BCUT2D eigenvalue weighted by molar-refractivity contribution is -0.161. The maximum atomic E-state index is 13.2. The van der Waals surface area contributed by atoms with Crippen LogP contribution in [0.25, 0.3) is 0 Å². The van der Waals surface area contributed by atoms with Crippen LogP contribution in [0.2, 0.25) is 0 Å². The molecule has 1 aromatic carbocycles. The summed E-state index contributed by atoms with van der Waals surface area (Å²) in [6.45, 7) is 2.77. The quantitative estimate of drug-likeness (QED) is 0.105. The van der Waals surface area contributed by atoms with E-state index >= 15 is 0 Å². The zero-order chi connectivity index (χ0) is 26.6. The van der Waals surface area contributed by atoms with Gasteiger partial charge in [-0.05, 0) is 19.4 Å². The van der Waals surface area contributed by atoms with Crippen molar-refractivity contribution in [2.75, 3.05) is 19.6 Å². The number of fused-ring (bicyclic) bond motifs is 1. The van der Waals surface area contributed by atoms with Crippen molar-refractivity contribution >= 4 is 47.2 Å². The maximum absolute atomic E-state index is 13.2. The topological polar surface area (TPSA) is 207 Å². The summed E-state index contributed by atoms with van der Waals surface area (Å²) in [7, 11) is 0. The number of nitrogens with zero attached hydrogens (tertiary/aromatic N) is 1. The van der Waals surface area contributed by atoms with E-state index in [9.17, 15) is 29.1 Å². The Balaban J connectivity index is 1.64. The first-order chi connectivity index (χ1) is 17.0. The van der Waals surface area contributed by atoms with E-state index < -0.39 is 57.8 Å². The molecule has 8 N–H and O–H groups in total. The Labute approximate surface area is 211 Å². The molecular formula is C22H29N7O6S. The number of carbonyl (C=O) groups is 5. The van der Waals surface area contributed by atoms with Gasteiger partial charge in [0, 0.05) is 4.75 Å². The van der Waals surface area contributed by atoms with Crippen LogP contribution in [-0.4, -0.2) is 87.3 Å². The van der Waals surface area contributed by atoms with Crippen molar-refractivity contribution in [3.63, 3.8) is 0 Å². The molecule has 2 fully saturated rings. The molecule has 0 aromatic heterocycles. The largest absolute Gasteiger partial charge is 0.480 e. The van der Waals surface area contributed by atoms with Gasteiger partial charge >= 0.3 is 5.97 Å². The van der Waals surface area contributed by atoms with Crippen LogP contribution >= 0.6 is 11.8 Å². The van der Waals surface area contributed by atoms with Crippen LogP contribution in [0.1, 0.15) is 25.5 Å². The molecule has 4 amide bonds. The Kier molecular flexibility index (Phi) is 8.20. The molecule has 1 aromatic rings. The van der Waals surface area contributed by atoms with Crippen molar-refractivity contribution in [1.82, 2.24) is 26.2 Å². The normalized spacial score (nSPS) is 22.5. The highest BCUT2D eigenvalue weighted by Gasteiger charge is 2.64. The number of β-lactam (4-membered cyclic amide) rings is 1. The maximum Gasteiger partial charge on any atom is 0.327 e. The van der Waals surface area contributed by atoms with E-state index in [1.807, 2.05) is 0 Å². The Morgan fingerprint density at radius 1 is 1.14 bits per heavy atom. The third-order valence-electron chi connectivity index (χ3n) is 5.78. The molecule has 2 saturated heterocycles. The van der Waals surface area contributed by atoms with E-state index in [-0.39, 0.29) is 25.5 Å². The lowest BCUT2D eigenvalue weighted by atomic mass is 9.95. The third-order valence-corrected chi connectivity index (χ3v) is 7.35. The minimum Gasteiger partial charge on any atom is -0.480 e. The molecule has 0 bridgehead atoms. The van der Waals surface area contributed by atoms with Gasteiger partial charge in [-0.15, -0.1) is 11.8 Å². The average molecular weight is 520 g/mol. The molecule has 2 aliphatic rings. The van der Waals surface area contributed by atoms with E-state index in [0.29, 0.717) is 5.56 Å². The monoisotopic (exact) mass is 519 g/mol. The lowest BCUT2D eigenvalue weighted by Gasteiger charge is -2.44. The summed E-state index contributed by atoms with van der Waals surface area (Å²) in [4.78, 5) is 62.7. The van der Waals surface area contributed by atoms with Gasteiger partial charge in [0.1, 0.15) is 29.3 Å². The molecule has 0 aliphatic carbocycles. The molecule has 0 spiro atoms. The summed E-state index contributed by atoms with van der Waals surface area (Å²) in [5.41, 5.74) is 5.65. The second kappa shape index (κ2) is 11.0. The molecular weight excluding hydrogens is 490 g/mol. The van der Waals surface area contributed by atoms with E-state index in [1.54, 1.807) is 44.2 Å². The minimum atomic E-state index is -1.14. The van der Waals surface area contributed by atoms with Crippen LogP contribution < -0.4 is 27.0 Å². The third kappa shape index (κ3) is 5.76. The highest BCUT2D eigenvalue weighted by molar-refractivity contribution is 8.01. The highest BCUT2D eigenvalue weighted by Crippen LogP contribution is 2.50. The molecule has 13 nitrogen and oxygen atoms in total. The van der Waals surface area contributed by atoms with Crippen molar-refractivity contribution in [2.45, 2.75) is 42.1 Å². The van der Waals surface area contributed by atoms with Gasteiger partial charge in [0.05, 0.1) is 19.6 Å². The number of nitrogens with one attached hydrogen (secondary N) is 5. The van der Waals surface area contributed by atoms with Crippen LogP contribution in [-0.2, 0) is 24.0 Å². The average Bonchev–Trinajstić information content (AvgIpc) is 3.11. The van der Waals surface area contributed by atoms with Crippen LogP contribution in [0, 0.1) is 5.41 Å². The van der Waals surface area contributed by atoms with Crippen LogP contribution in [0.5, 0.6) is 0 Å². The molecule has 3 rings (SSSR count). The molecule has 2 heterocycles. The predicted octanol–water partition coefficient (Wildman–Crippen LogP) is -1.88. The fourth-order valence-corrected chi connectivity index (χ4v) is 5.67. The van der Waals surface area contributed by atoms with Crippen molar-refractivity contribution in [3.05, 3.63) is 35.9 Å². The summed E-state index contributed by atoms with van der Waals surface area (Å²) < 4.78 is -0.738. The van der Waals surface area contributed by atoms with Crippen LogP contribution in [0.3, 0.4) is 0 Å². The first-order valence-corrected chi connectivity index (χ1v) is 12.0. The van der Waals surface area contributed by atoms with Gasteiger partial charge < -0.3 is 37.0 Å². The lowest BCUT2D eigenvalue weighted by Crippen LogP contribution is -2.71. The highest BCUT2D eigenvalue weighted by atomic mass is 32.2. The molecule has 4 atom stereocenters. The minimum absolute atomic E-state index is 0.123. The summed E-state index contributed by atoms with van der Waals surface area (Å²) >= 11 is 1.30. The zero-order valence-corrected chi connectivity index (χ0v) is 20.6. The van der Waals surface area contributed by atoms with E-state index in [1.165, 1.54) is 16.7 Å². The van der Waals surface area contributed by atoms with Gasteiger partial charge in [0.25, 0.3) is 0 Å². The van der Waals surface area contributed by atoms with E-state index in [2.05, 4.69) is 21.3 Å². The van der Waals surface area contributed by atoms with Crippen molar-refractivity contribution in [1.29, 1.82) is 5.41 Å². The van der Waals surface area contributed by atoms with E-state index in [0.717, 1.165) is 0 Å². The number of aliphatic carboxylic acids is 1. The number of carboxylic acids is 1. The van der Waals surface area contributed by atoms with Crippen molar-refractivity contribution in [3.8, 4) is 0 Å². The molecule has 36 heavy (non-hydrogen) atoms. The number of amides is 4. The number of rotatable bonds is 10. The first kappa shape index (κ1) is 26.9. The van der Waals surface area contributed by atoms with Gasteiger partial charge in [-0.2, -0.15) is 0 Å². The standard InChI is InChI=1S/C22H29N7O6S/c1-22(2)17(21(34)35)29-19(33)16(20(29)36-22)28-18(32)15(11-6-4-3-5-7-11)27-14(31)10-25-12(24)9-26-13(30)8-23/h3-7,15-17,20H,8-10,23H2,1-2H3,(H2,24,25)(H,26,30)(H,27,31)(H,28,32)(H,34,35)/t15?,16?,17-,20+/m0/s1. The number of thioether (sulfide) groups is 1. The number of benzene rings is 1. The number of carboxylic acid groups (broad SMARTS) is 1. The molecule has 2 aliphatic heterocycles. The van der Waals surface area contributed by atoms with Crippen molar-refractivity contribution in [2.24, 2.45) is 5.73 Å². The first-order valence-electron chi connectivity index (χ1n) is 11.1. The smallest absolute Gasteiger partial charge is 0.327 e. The molecule has 0 radical (unpaired) electrons. The van der Waals surface area contributed by atoms with Crippen LogP contribution in [0.15, 0.2) is 30.3 Å². The SMILES string of the molecule is CC1(C)S[C@@H]2C(NC(=O)C(NC(=O)CNC(=N)CNC(=O)CN)c3ccccc3)C(=O)N2[C@H]1C(=O)O. The molecule has 194 valence electrons. The number of nitrogens with two attached hydrogens (primary N) is 1. The second-order valence-corrected chi connectivity index (χ2v) is 10.6. The zero-order valence-electron chi connectivity index (χ0n) is 19.7. The molecule has 14 heteroatoms.